The summed E-state index contributed by atoms with van der Waals surface area (Å²) in [5.41, 5.74) is 6.05. The van der Waals surface area contributed by atoms with Gasteiger partial charge < -0.3 is 15.5 Å². The lowest BCUT2D eigenvalue weighted by atomic mass is 9.85. The highest BCUT2D eigenvalue weighted by Crippen LogP contribution is 2.38. The lowest BCUT2D eigenvalue weighted by Crippen LogP contribution is -2.46. The monoisotopic (exact) mass is 252 g/mol. The van der Waals surface area contributed by atoms with E-state index in [4.69, 9.17) is 22.4 Å². The van der Waals surface area contributed by atoms with Crippen LogP contribution in [0.3, 0.4) is 0 Å². The molecule has 0 aromatic carbocycles. The molecule has 4 nitrogen and oxygen atoms in total. The van der Waals surface area contributed by atoms with Gasteiger partial charge in [-0.3, -0.25) is 4.79 Å². The Balaban J connectivity index is 2.00. The smallest absolute Gasteiger partial charge is 0.233 e. The number of hydrogen-bond acceptors (Lipinski definition) is 3. The highest BCUT2D eigenvalue weighted by molar-refractivity contribution is 7.80. The van der Waals surface area contributed by atoms with Gasteiger partial charge in [-0.1, -0.05) is 25.1 Å². The Morgan fingerprint density at radius 1 is 1.53 bits per heavy atom. The maximum atomic E-state index is 12.2. The normalized spacial score (nSPS) is 17.9. The van der Waals surface area contributed by atoms with Crippen molar-refractivity contribution < 1.29 is 9.21 Å². The van der Waals surface area contributed by atoms with E-state index in [9.17, 15) is 4.79 Å². The summed E-state index contributed by atoms with van der Waals surface area (Å²) < 4.78 is 4.94. The molecule has 1 aromatic rings. The van der Waals surface area contributed by atoms with Gasteiger partial charge in [-0.2, -0.15) is 0 Å². The van der Waals surface area contributed by atoms with Crippen LogP contribution < -0.4 is 11.1 Å². The predicted octanol–water partition coefficient (Wildman–Crippen LogP) is 1.74. The molecule has 1 fully saturated rings. The van der Waals surface area contributed by atoms with Crippen molar-refractivity contribution in [1.82, 2.24) is 5.32 Å². The zero-order chi connectivity index (χ0) is 12.3. The second-order valence-corrected chi connectivity index (χ2v) is 4.91. The van der Waals surface area contributed by atoms with E-state index in [0.717, 1.165) is 31.2 Å². The summed E-state index contributed by atoms with van der Waals surface area (Å²) in [5.74, 6) is -0.0521. The first-order valence-corrected chi connectivity index (χ1v) is 6.15. The highest BCUT2D eigenvalue weighted by atomic mass is 32.1. The Hall–Kier alpha value is -1.36. The fraction of sp³-hybridized carbons (Fsp3) is 0.500. The van der Waals surface area contributed by atoms with Crippen LogP contribution >= 0.6 is 12.2 Å². The van der Waals surface area contributed by atoms with Crippen molar-refractivity contribution >= 4 is 23.1 Å². The Labute approximate surface area is 106 Å². The third kappa shape index (κ3) is 2.34. The fourth-order valence-electron chi connectivity index (χ4n) is 2.31. The van der Waals surface area contributed by atoms with Gasteiger partial charge in [0.25, 0.3) is 0 Å². The summed E-state index contributed by atoms with van der Waals surface area (Å²) in [5, 5.41) is 2.88. The molecule has 0 atom stereocenters. The number of carbonyl (C=O) groups excluding carboxylic acids is 1. The maximum absolute atomic E-state index is 12.2. The van der Waals surface area contributed by atoms with Gasteiger partial charge >= 0.3 is 0 Å². The summed E-state index contributed by atoms with van der Waals surface area (Å²) in [4.78, 5) is 12.5. The summed E-state index contributed by atoms with van der Waals surface area (Å²) in [7, 11) is 0. The largest absolute Gasteiger partial charge is 0.472 e. The van der Waals surface area contributed by atoms with E-state index in [2.05, 4.69) is 5.32 Å². The number of carbonyl (C=O) groups is 1. The van der Waals surface area contributed by atoms with Crippen LogP contribution in [0.5, 0.6) is 0 Å². The number of rotatable bonds is 4. The molecule has 1 heterocycles. The lowest BCUT2D eigenvalue weighted by molar-refractivity contribution is -0.127. The van der Waals surface area contributed by atoms with Crippen molar-refractivity contribution in [3.8, 4) is 0 Å². The van der Waals surface area contributed by atoms with Crippen LogP contribution in [0.15, 0.2) is 23.0 Å². The van der Waals surface area contributed by atoms with E-state index < -0.39 is 5.41 Å². The van der Waals surface area contributed by atoms with Crippen molar-refractivity contribution in [2.24, 2.45) is 11.1 Å². The number of nitrogens with one attached hydrogen (secondary N) is 1. The summed E-state index contributed by atoms with van der Waals surface area (Å²) in [6, 6.07) is 1.82. The summed E-state index contributed by atoms with van der Waals surface area (Å²) in [6.45, 7) is 0.458. The molecule has 1 saturated carbocycles. The number of hydrogen-bond donors (Lipinski definition) is 2. The van der Waals surface area contributed by atoms with Crippen molar-refractivity contribution in [2.75, 3.05) is 0 Å². The molecule has 17 heavy (non-hydrogen) atoms. The molecule has 0 bridgehead atoms. The van der Waals surface area contributed by atoms with E-state index in [1.54, 1.807) is 12.5 Å². The molecule has 0 aliphatic heterocycles. The molecule has 0 saturated heterocycles. The van der Waals surface area contributed by atoms with E-state index >= 15 is 0 Å². The predicted molar refractivity (Wildman–Crippen MR) is 68.2 cm³/mol. The highest BCUT2D eigenvalue weighted by Gasteiger charge is 2.43. The number of nitrogens with two attached hydrogens (primary N) is 1. The lowest BCUT2D eigenvalue weighted by Gasteiger charge is -2.26. The van der Waals surface area contributed by atoms with Crippen LogP contribution in [-0.4, -0.2) is 10.9 Å². The second-order valence-electron chi connectivity index (χ2n) is 4.47. The molecule has 5 heteroatoms. The minimum Gasteiger partial charge on any atom is -0.472 e. The van der Waals surface area contributed by atoms with Crippen LogP contribution in [0.2, 0.25) is 0 Å². The van der Waals surface area contributed by atoms with E-state index in [1.165, 1.54) is 0 Å². The molecule has 1 amide bonds. The number of furan rings is 1. The zero-order valence-electron chi connectivity index (χ0n) is 9.57. The van der Waals surface area contributed by atoms with Gasteiger partial charge in [0.15, 0.2) is 0 Å². The van der Waals surface area contributed by atoms with E-state index in [-0.39, 0.29) is 5.91 Å². The summed E-state index contributed by atoms with van der Waals surface area (Å²) in [6.07, 6.45) is 6.74. The molecule has 2 rings (SSSR count). The minimum absolute atomic E-state index is 0.0521. The molecular weight excluding hydrogens is 236 g/mol. The van der Waals surface area contributed by atoms with Gasteiger partial charge in [-0.15, -0.1) is 0 Å². The van der Waals surface area contributed by atoms with Gasteiger partial charge in [0.1, 0.15) is 0 Å². The second kappa shape index (κ2) is 4.87. The van der Waals surface area contributed by atoms with Crippen LogP contribution in [0, 0.1) is 5.41 Å². The van der Waals surface area contributed by atoms with Crippen molar-refractivity contribution in [3.63, 3.8) is 0 Å². The SMILES string of the molecule is NC(=S)C1(C(=O)NCc2ccoc2)CCCC1. The van der Waals surface area contributed by atoms with Gasteiger partial charge in [0.05, 0.1) is 22.9 Å². The van der Waals surface area contributed by atoms with Crippen molar-refractivity contribution in [1.29, 1.82) is 0 Å². The molecule has 1 aromatic heterocycles. The molecule has 1 aliphatic carbocycles. The van der Waals surface area contributed by atoms with Crippen molar-refractivity contribution in [3.05, 3.63) is 24.2 Å². The van der Waals surface area contributed by atoms with Crippen LogP contribution in [0.1, 0.15) is 31.2 Å². The Morgan fingerprint density at radius 3 is 2.76 bits per heavy atom. The number of thiocarbonyl (C=S) groups is 1. The average molecular weight is 252 g/mol. The van der Waals surface area contributed by atoms with Gasteiger partial charge in [-0.05, 0) is 18.9 Å². The fourth-order valence-corrected chi connectivity index (χ4v) is 2.61. The van der Waals surface area contributed by atoms with Crippen LogP contribution in [0.25, 0.3) is 0 Å². The van der Waals surface area contributed by atoms with Gasteiger partial charge in [0.2, 0.25) is 5.91 Å². The van der Waals surface area contributed by atoms with Crippen LogP contribution in [0.4, 0.5) is 0 Å². The van der Waals surface area contributed by atoms with E-state index in [1.807, 2.05) is 6.07 Å². The molecule has 92 valence electrons. The number of amides is 1. The quantitative estimate of drug-likeness (QED) is 0.801. The topological polar surface area (TPSA) is 68.3 Å². The van der Waals surface area contributed by atoms with Gasteiger partial charge in [0, 0.05) is 12.1 Å². The maximum Gasteiger partial charge on any atom is 0.233 e. The minimum atomic E-state index is -0.626. The molecular formula is C12H16N2O2S. The molecule has 0 unspecified atom stereocenters. The molecule has 1 aliphatic rings. The standard InChI is InChI=1S/C12H16N2O2S/c13-10(17)12(4-1-2-5-12)11(15)14-7-9-3-6-16-8-9/h3,6,8H,1-2,4-5,7H2,(H2,13,17)(H,14,15). The Kier molecular flexibility index (Phi) is 3.47. The first kappa shape index (κ1) is 12.1. The molecule has 0 radical (unpaired) electrons. The van der Waals surface area contributed by atoms with Gasteiger partial charge in [-0.25, -0.2) is 0 Å². The van der Waals surface area contributed by atoms with Crippen LogP contribution in [-0.2, 0) is 11.3 Å². The average Bonchev–Trinajstić information content (AvgIpc) is 2.97. The first-order chi connectivity index (χ1) is 8.15. The van der Waals surface area contributed by atoms with Crippen molar-refractivity contribution in [2.45, 2.75) is 32.2 Å². The zero-order valence-corrected chi connectivity index (χ0v) is 10.4. The molecule has 3 N–H and O–H groups in total. The summed E-state index contributed by atoms with van der Waals surface area (Å²) >= 11 is 5.06. The Bertz CT molecular complexity index is 408. The first-order valence-electron chi connectivity index (χ1n) is 5.74. The molecule has 0 spiro atoms. The third-order valence-electron chi connectivity index (χ3n) is 3.40. The van der Waals surface area contributed by atoms with E-state index in [0.29, 0.717) is 11.5 Å². The Morgan fingerprint density at radius 2 is 2.24 bits per heavy atom. The third-order valence-corrected chi connectivity index (χ3v) is 3.79.